The summed E-state index contributed by atoms with van der Waals surface area (Å²) in [6.45, 7) is 4.28. The van der Waals surface area contributed by atoms with Crippen molar-refractivity contribution >= 4 is 11.8 Å². The first kappa shape index (κ1) is 25.7. The van der Waals surface area contributed by atoms with Gasteiger partial charge in [-0.15, -0.1) is 0 Å². The molecule has 0 fully saturated rings. The molecule has 0 aliphatic heterocycles. The number of aryl methyl sites for hydroxylation is 1. The number of aliphatic imine (C=N–C) groups is 1. The largest absolute Gasteiger partial charge is 0.297 e. The molecule has 0 radical (unpaired) electrons. The molecule has 0 aliphatic carbocycles. The van der Waals surface area contributed by atoms with Crippen molar-refractivity contribution in [2.24, 2.45) is 4.99 Å². The lowest BCUT2D eigenvalue weighted by atomic mass is 9.95. The Kier molecular flexibility index (Phi) is 7.94. The van der Waals surface area contributed by atoms with E-state index in [0.717, 1.165) is 27.8 Å². The van der Waals surface area contributed by atoms with Gasteiger partial charge in [0.05, 0.1) is 0 Å². The van der Waals surface area contributed by atoms with Crippen LogP contribution in [0.3, 0.4) is 0 Å². The van der Waals surface area contributed by atoms with Gasteiger partial charge < -0.3 is 0 Å². The zero-order chi connectivity index (χ0) is 27.0. The lowest BCUT2D eigenvalue weighted by Gasteiger charge is -2.12. The van der Waals surface area contributed by atoms with E-state index in [1.165, 1.54) is 16.7 Å². The van der Waals surface area contributed by atoms with Crippen LogP contribution < -0.4 is 0 Å². The first-order chi connectivity index (χ1) is 19.1. The highest BCUT2D eigenvalue weighted by Crippen LogP contribution is 2.30. The topological polar surface area (TPSA) is 51.0 Å². The van der Waals surface area contributed by atoms with Crippen molar-refractivity contribution in [3.05, 3.63) is 132 Å². The number of rotatable bonds is 7. The van der Waals surface area contributed by atoms with Crippen LogP contribution in [0.1, 0.15) is 18.1 Å². The third kappa shape index (κ3) is 6.13. The molecule has 0 atom stereocenters. The standard InChI is InChI=1S/C35H30N4/c1-25(13-10-11-22-36-3)32-24-30(21-20-26(32)2)29-18-12-19-31(23-29)35-38-33(27-14-6-4-7-15-27)37-34(39-35)28-16-8-5-9-17-28/h4-24H,1-3H3/b11-10-,25-13+,36-22+. The van der Waals surface area contributed by atoms with Crippen LogP contribution in [-0.2, 0) is 0 Å². The van der Waals surface area contributed by atoms with E-state index in [9.17, 15) is 0 Å². The third-order valence-corrected chi connectivity index (χ3v) is 6.51. The van der Waals surface area contributed by atoms with Crippen LogP contribution in [0.25, 0.3) is 50.9 Å². The molecule has 39 heavy (non-hydrogen) atoms. The van der Waals surface area contributed by atoms with Crippen LogP contribution in [0.4, 0.5) is 0 Å². The second-order valence-electron chi connectivity index (χ2n) is 9.29. The summed E-state index contributed by atoms with van der Waals surface area (Å²) in [5.74, 6) is 1.96. The van der Waals surface area contributed by atoms with Gasteiger partial charge in [-0.1, -0.05) is 103 Å². The lowest BCUT2D eigenvalue weighted by Crippen LogP contribution is -2.00. The van der Waals surface area contributed by atoms with Crippen LogP contribution in [-0.4, -0.2) is 28.2 Å². The van der Waals surface area contributed by atoms with E-state index in [1.807, 2.05) is 72.8 Å². The summed E-state index contributed by atoms with van der Waals surface area (Å²) >= 11 is 0. The molecule has 0 unspecified atom stereocenters. The summed E-state index contributed by atoms with van der Waals surface area (Å²) < 4.78 is 0. The zero-order valence-electron chi connectivity index (χ0n) is 22.4. The lowest BCUT2D eigenvalue weighted by molar-refractivity contribution is 1.07. The van der Waals surface area contributed by atoms with Crippen molar-refractivity contribution in [3.63, 3.8) is 0 Å². The molecule has 0 saturated carbocycles. The van der Waals surface area contributed by atoms with Gasteiger partial charge >= 0.3 is 0 Å². The van der Waals surface area contributed by atoms with Crippen molar-refractivity contribution in [3.8, 4) is 45.3 Å². The minimum Gasteiger partial charge on any atom is -0.297 e. The van der Waals surface area contributed by atoms with Gasteiger partial charge in [-0.05, 0) is 59.9 Å². The predicted molar refractivity (Wildman–Crippen MR) is 164 cm³/mol. The average Bonchev–Trinajstić information content (AvgIpc) is 3.00. The van der Waals surface area contributed by atoms with Crippen molar-refractivity contribution in [1.82, 2.24) is 15.0 Å². The number of hydrogen-bond donors (Lipinski definition) is 0. The Morgan fingerprint density at radius 1 is 0.590 bits per heavy atom. The van der Waals surface area contributed by atoms with Crippen molar-refractivity contribution in [1.29, 1.82) is 0 Å². The molecule has 0 saturated heterocycles. The summed E-state index contributed by atoms with van der Waals surface area (Å²) in [4.78, 5) is 18.6. The van der Waals surface area contributed by atoms with Gasteiger partial charge in [0, 0.05) is 30.0 Å². The Morgan fingerprint density at radius 3 is 1.74 bits per heavy atom. The number of nitrogens with zero attached hydrogens (tertiary/aromatic N) is 4. The fraction of sp³-hybridized carbons (Fsp3) is 0.0857. The maximum Gasteiger partial charge on any atom is 0.164 e. The summed E-state index contributed by atoms with van der Waals surface area (Å²) in [5, 5.41) is 0. The Bertz CT molecular complexity index is 1610. The van der Waals surface area contributed by atoms with Crippen molar-refractivity contribution in [2.75, 3.05) is 7.05 Å². The molecule has 0 aliphatic rings. The molecular weight excluding hydrogens is 476 g/mol. The van der Waals surface area contributed by atoms with Gasteiger partial charge in [0.25, 0.3) is 0 Å². The monoisotopic (exact) mass is 506 g/mol. The van der Waals surface area contributed by atoms with E-state index >= 15 is 0 Å². The SMILES string of the molecule is C/N=C/C=C\C=C(/C)c1cc(-c2cccc(-c3nc(-c4ccccc4)nc(-c4ccccc4)n3)c2)ccc1C. The number of hydrogen-bond acceptors (Lipinski definition) is 4. The highest BCUT2D eigenvalue weighted by Gasteiger charge is 2.13. The maximum absolute atomic E-state index is 4.89. The minimum atomic E-state index is 0.649. The molecule has 5 rings (SSSR count). The van der Waals surface area contributed by atoms with Crippen LogP contribution in [0.2, 0.25) is 0 Å². The Morgan fingerprint density at radius 2 is 1.13 bits per heavy atom. The molecule has 4 aromatic carbocycles. The molecule has 1 aromatic heterocycles. The van der Waals surface area contributed by atoms with Crippen LogP contribution in [0.5, 0.6) is 0 Å². The normalized spacial score (nSPS) is 11.9. The Hall–Kier alpha value is -4.96. The number of benzene rings is 4. The maximum atomic E-state index is 4.89. The van der Waals surface area contributed by atoms with Crippen LogP contribution >= 0.6 is 0 Å². The zero-order valence-corrected chi connectivity index (χ0v) is 22.4. The Balaban J connectivity index is 1.57. The molecule has 4 nitrogen and oxygen atoms in total. The fourth-order valence-electron chi connectivity index (χ4n) is 4.43. The second kappa shape index (κ2) is 12.1. The predicted octanol–water partition coefficient (Wildman–Crippen LogP) is 8.51. The molecule has 1 heterocycles. The van der Waals surface area contributed by atoms with Gasteiger partial charge in [-0.3, -0.25) is 4.99 Å². The van der Waals surface area contributed by atoms with Crippen molar-refractivity contribution < 1.29 is 0 Å². The number of aromatic nitrogens is 3. The molecule has 0 amide bonds. The summed E-state index contributed by atoms with van der Waals surface area (Å²) in [5.41, 5.74) is 8.76. The fourth-order valence-corrected chi connectivity index (χ4v) is 4.43. The summed E-state index contributed by atoms with van der Waals surface area (Å²) in [6, 6.07) is 35.1. The van der Waals surface area contributed by atoms with Gasteiger partial charge in [0.2, 0.25) is 0 Å². The van der Waals surface area contributed by atoms with E-state index < -0.39 is 0 Å². The van der Waals surface area contributed by atoms with Gasteiger partial charge in [-0.2, -0.15) is 0 Å². The van der Waals surface area contributed by atoms with E-state index in [-0.39, 0.29) is 0 Å². The van der Waals surface area contributed by atoms with Crippen molar-refractivity contribution in [2.45, 2.75) is 13.8 Å². The Labute approximate surface area is 230 Å². The highest BCUT2D eigenvalue weighted by molar-refractivity contribution is 5.78. The molecule has 0 N–H and O–H groups in total. The summed E-state index contributed by atoms with van der Waals surface area (Å²) in [7, 11) is 1.77. The molecule has 0 spiro atoms. The third-order valence-electron chi connectivity index (χ3n) is 6.51. The molecule has 0 bridgehead atoms. The average molecular weight is 507 g/mol. The highest BCUT2D eigenvalue weighted by atomic mass is 15.0. The van der Waals surface area contributed by atoms with Gasteiger partial charge in [0.1, 0.15) is 0 Å². The van der Waals surface area contributed by atoms with E-state index in [0.29, 0.717) is 17.5 Å². The van der Waals surface area contributed by atoms with Gasteiger partial charge in [-0.25, -0.2) is 15.0 Å². The summed E-state index contributed by atoms with van der Waals surface area (Å²) in [6.07, 6.45) is 7.86. The molecule has 190 valence electrons. The van der Waals surface area contributed by atoms with Crippen LogP contribution in [0, 0.1) is 6.92 Å². The first-order valence-corrected chi connectivity index (χ1v) is 13.0. The van der Waals surface area contributed by atoms with E-state index in [1.54, 1.807) is 13.3 Å². The molecule has 5 aromatic rings. The van der Waals surface area contributed by atoms with E-state index in [4.69, 9.17) is 15.0 Å². The number of allylic oxidation sites excluding steroid dienone is 4. The first-order valence-electron chi connectivity index (χ1n) is 13.0. The molecular formula is C35H30N4. The van der Waals surface area contributed by atoms with Gasteiger partial charge in [0.15, 0.2) is 17.5 Å². The minimum absolute atomic E-state index is 0.649. The smallest absolute Gasteiger partial charge is 0.164 e. The van der Waals surface area contributed by atoms with Crippen LogP contribution in [0.15, 0.2) is 126 Å². The quantitative estimate of drug-likeness (QED) is 0.164. The van der Waals surface area contributed by atoms with E-state index in [2.05, 4.69) is 67.4 Å². The second-order valence-corrected chi connectivity index (χ2v) is 9.29. The molecule has 4 heteroatoms.